The van der Waals surface area contributed by atoms with Gasteiger partial charge in [0.2, 0.25) is 0 Å². The lowest BCUT2D eigenvalue weighted by molar-refractivity contribution is 0.0771. The van der Waals surface area contributed by atoms with Crippen LogP contribution in [0.25, 0.3) is 0 Å². The molecule has 0 saturated carbocycles. The average molecular weight is 350 g/mol. The van der Waals surface area contributed by atoms with Crippen LogP contribution in [-0.2, 0) is 6.54 Å². The molecule has 2 aromatic rings. The molecule has 0 spiro atoms. The first-order valence-electron chi connectivity index (χ1n) is 6.94. The van der Waals surface area contributed by atoms with E-state index in [1.54, 1.807) is 11.9 Å². The zero-order chi connectivity index (χ0) is 15.6. The van der Waals surface area contributed by atoms with Gasteiger partial charge in [0.1, 0.15) is 5.69 Å². The highest BCUT2D eigenvalue weighted by molar-refractivity contribution is 9.10. The fraction of sp³-hybridized carbons (Fsp3) is 0.375. The molecule has 0 atom stereocenters. The Morgan fingerprint density at radius 2 is 2.14 bits per heavy atom. The minimum absolute atomic E-state index is 0.00212. The summed E-state index contributed by atoms with van der Waals surface area (Å²) in [6.45, 7) is 6.57. The number of halogens is 1. The van der Waals surface area contributed by atoms with E-state index in [1.165, 1.54) is 0 Å². The number of hydrogen-bond donors (Lipinski definition) is 0. The molecule has 5 heteroatoms. The third-order valence-electron chi connectivity index (χ3n) is 3.28. The molecule has 2 heterocycles. The maximum absolute atomic E-state index is 12.6. The van der Waals surface area contributed by atoms with Crippen LogP contribution in [0.2, 0.25) is 0 Å². The topological polar surface area (TPSA) is 38.1 Å². The van der Waals surface area contributed by atoms with Crippen molar-refractivity contribution in [3.8, 4) is 0 Å². The molecule has 1 amide bonds. The van der Waals surface area contributed by atoms with Crippen LogP contribution in [0, 0.1) is 6.92 Å². The highest BCUT2D eigenvalue weighted by Gasteiger charge is 2.19. The van der Waals surface area contributed by atoms with Crippen molar-refractivity contribution in [2.24, 2.45) is 0 Å². The molecule has 0 N–H and O–H groups in total. The van der Waals surface area contributed by atoms with Gasteiger partial charge in [0.15, 0.2) is 0 Å². The molecule has 4 nitrogen and oxygen atoms in total. The molecule has 0 unspecified atom stereocenters. The molecule has 0 aliphatic rings. The van der Waals surface area contributed by atoms with Crippen molar-refractivity contribution < 1.29 is 4.79 Å². The summed E-state index contributed by atoms with van der Waals surface area (Å²) >= 11 is 3.44. The van der Waals surface area contributed by atoms with E-state index < -0.39 is 0 Å². The second-order valence-corrected chi connectivity index (χ2v) is 6.39. The van der Waals surface area contributed by atoms with Crippen LogP contribution in [0.3, 0.4) is 0 Å². The normalized spacial score (nSPS) is 11.0. The fourth-order valence-corrected chi connectivity index (χ4v) is 2.68. The molecule has 0 aliphatic heterocycles. The third-order valence-corrected chi connectivity index (χ3v) is 3.72. The van der Waals surface area contributed by atoms with E-state index in [-0.39, 0.29) is 11.9 Å². The fourth-order valence-electron chi connectivity index (χ4n) is 2.24. The van der Waals surface area contributed by atoms with Gasteiger partial charge >= 0.3 is 0 Å². The Hall–Kier alpha value is -1.62. The van der Waals surface area contributed by atoms with Gasteiger partial charge in [-0.05, 0) is 54.9 Å². The van der Waals surface area contributed by atoms with E-state index >= 15 is 0 Å². The van der Waals surface area contributed by atoms with Crippen molar-refractivity contribution in [2.45, 2.75) is 33.4 Å². The van der Waals surface area contributed by atoms with Gasteiger partial charge in [-0.1, -0.05) is 6.07 Å². The van der Waals surface area contributed by atoms with Crippen LogP contribution < -0.4 is 0 Å². The van der Waals surface area contributed by atoms with Gasteiger partial charge in [-0.3, -0.25) is 9.78 Å². The van der Waals surface area contributed by atoms with Crippen molar-refractivity contribution in [3.63, 3.8) is 0 Å². The van der Waals surface area contributed by atoms with Crippen LogP contribution in [0.15, 0.2) is 34.9 Å². The predicted octanol–water partition coefficient (Wildman–Crippen LogP) is 3.81. The predicted molar refractivity (Wildman–Crippen MR) is 87.3 cm³/mol. The zero-order valence-corrected chi connectivity index (χ0v) is 14.4. The van der Waals surface area contributed by atoms with E-state index in [0.717, 1.165) is 15.9 Å². The Bertz CT molecular complexity index is 649. The zero-order valence-electron chi connectivity index (χ0n) is 12.8. The first-order chi connectivity index (χ1) is 9.88. The third kappa shape index (κ3) is 3.73. The summed E-state index contributed by atoms with van der Waals surface area (Å²) in [6.07, 6.45) is 1.94. The SMILES string of the molecule is Cc1cccc(CN(C)C(=O)c2cc(Br)cn2C(C)C)n1. The van der Waals surface area contributed by atoms with Crippen molar-refractivity contribution in [3.05, 3.63) is 52.0 Å². The van der Waals surface area contributed by atoms with E-state index in [0.29, 0.717) is 12.2 Å². The van der Waals surface area contributed by atoms with E-state index in [4.69, 9.17) is 0 Å². The molecule has 0 saturated heterocycles. The molecule has 2 rings (SSSR count). The lowest BCUT2D eigenvalue weighted by Gasteiger charge is -2.19. The molecule has 112 valence electrons. The van der Waals surface area contributed by atoms with Crippen LogP contribution in [-0.4, -0.2) is 27.4 Å². The Morgan fingerprint density at radius 3 is 2.76 bits per heavy atom. The molecule has 0 bridgehead atoms. The van der Waals surface area contributed by atoms with E-state index in [1.807, 2.05) is 42.0 Å². The second-order valence-electron chi connectivity index (χ2n) is 5.48. The Morgan fingerprint density at radius 1 is 1.43 bits per heavy atom. The quantitative estimate of drug-likeness (QED) is 0.841. The van der Waals surface area contributed by atoms with Crippen molar-refractivity contribution in [1.29, 1.82) is 0 Å². The Balaban J connectivity index is 2.20. The molecule has 21 heavy (non-hydrogen) atoms. The molecular weight excluding hydrogens is 330 g/mol. The molecule has 0 aromatic carbocycles. The summed E-state index contributed by atoms with van der Waals surface area (Å²) in [5.41, 5.74) is 2.54. The van der Waals surface area contributed by atoms with Gasteiger partial charge in [-0.2, -0.15) is 0 Å². The van der Waals surface area contributed by atoms with Gasteiger partial charge in [-0.15, -0.1) is 0 Å². The Kier molecular flexibility index (Phi) is 4.83. The van der Waals surface area contributed by atoms with Crippen molar-refractivity contribution >= 4 is 21.8 Å². The van der Waals surface area contributed by atoms with Gasteiger partial charge < -0.3 is 9.47 Å². The van der Waals surface area contributed by atoms with Gasteiger partial charge in [-0.25, -0.2) is 0 Å². The lowest BCUT2D eigenvalue weighted by Crippen LogP contribution is -2.29. The highest BCUT2D eigenvalue weighted by atomic mass is 79.9. The molecule has 0 fully saturated rings. The van der Waals surface area contributed by atoms with Gasteiger partial charge in [0.05, 0.1) is 12.2 Å². The smallest absolute Gasteiger partial charge is 0.270 e. The number of amides is 1. The molecule has 2 aromatic heterocycles. The molecular formula is C16H20BrN3O. The summed E-state index contributed by atoms with van der Waals surface area (Å²) in [5.74, 6) is -0.00212. The summed E-state index contributed by atoms with van der Waals surface area (Å²) in [4.78, 5) is 18.8. The average Bonchev–Trinajstić information content (AvgIpc) is 2.80. The van der Waals surface area contributed by atoms with Crippen LogP contribution in [0.5, 0.6) is 0 Å². The maximum Gasteiger partial charge on any atom is 0.270 e. The minimum atomic E-state index is -0.00212. The largest absolute Gasteiger partial charge is 0.340 e. The maximum atomic E-state index is 12.6. The van der Waals surface area contributed by atoms with Crippen LogP contribution in [0.4, 0.5) is 0 Å². The first-order valence-corrected chi connectivity index (χ1v) is 7.73. The van der Waals surface area contributed by atoms with Crippen molar-refractivity contribution in [2.75, 3.05) is 7.05 Å². The summed E-state index contributed by atoms with van der Waals surface area (Å²) in [6, 6.07) is 7.95. The minimum Gasteiger partial charge on any atom is -0.340 e. The standard InChI is InChI=1S/C16H20BrN3O/c1-11(2)20-9-13(17)8-15(20)16(21)19(4)10-14-7-5-6-12(3)18-14/h5-9,11H,10H2,1-4H3. The number of hydrogen-bond acceptors (Lipinski definition) is 2. The summed E-state index contributed by atoms with van der Waals surface area (Å²) < 4.78 is 2.90. The lowest BCUT2D eigenvalue weighted by atomic mass is 10.2. The second kappa shape index (κ2) is 6.43. The summed E-state index contributed by atoms with van der Waals surface area (Å²) in [5, 5.41) is 0. The number of carbonyl (C=O) groups excluding carboxylic acids is 1. The van der Waals surface area contributed by atoms with Crippen LogP contribution in [0.1, 0.15) is 41.8 Å². The van der Waals surface area contributed by atoms with Gasteiger partial charge in [0.25, 0.3) is 5.91 Å². The summed E-state index contributed by atoms with van der Waals surface area (Å²) in [7, 11) is 1.80. The van der Waals surface area contributed by atoms with Crippen LogP contribution >= 0.6 is 15.9 Å². The van der Waals surface area contributed by atoms with Gasteiger partial charge in [0, 0.05) is 29.5 Å². The number of aryl methyl sites for hydroxylation is 1. The number of carbonyl (C=O) groups is 1. The number of aromatic nitrogens is 2. The molecule has 0 radical (unpaired) electrons. The highest BCUT2D eigenvalue weighted by Crippen LogP contribution is 2.21. The van der Waals surface area contributed by atoms with Crippen molar-refractivity contribution in [1.82, 2.24) is 14.5 Å². The number of rotatable bonds is 4. The number of pyridine rings is 1. The van der Waals surface area contributed by atoms with E-state index in [9.17, 15) is 4.79 Å². The molecule has 0 aliphatic carbocycles. The Labute approximate surface area is 133 Å². The van der Waals surface area contributed by atoms with E-state index in [2.05, 4.69) is 34.8 Å². The monoisotopic (exact) mass is 349 g/mol. The number of nitrogens with zero attached hydrogens (tertiary/aromatic N) is 3. The first kappa shape index (κ1) is 15.8.